The summed E-state index contributed by atoms with van der Waals surface area (Å²) in [6.07, 6.45) is 0.447. The Bertz CT molecular complexity index is 206. The zero-order valence-electron chi connectivity index (χ0n) is 10.3. The molecule has 0 aliphatic heterocycles. The minimum absolute atomic E-state index is 0.0456. The van der Waals surface area contributed by atoms with Crippen LogP contribution in [0.25, 0.3) is 0 Å². The maximum absolute atomic E-state index is 11.3. The highest BCUT2D eigenvalue weighted by molar-refractivity contribution is 5.84. The summed E-state index contributed by atoms with van der Waals surface area (Å²) in [4.78, 5) is 21.7. The molecule has 4 nitrogen and oxygen atoms in total. The van der Waals surface area contributed by atoms with Gasteiger partial charge < -0.3 is 10.8 Å². The highest BCUT2D eigenvalue weighted by Gasteiger charge is 2.22. The van der Waals surface area contributed by atoms with E-state index in [2.05, 4.69) is 0 Å². The van der Waals surface area contributed by atoms with Crippen LogP contribution < -0.4 is 5.73 Å². The lowest BCUT2D eigenvalue weighted by Gasteiger charge is -2.16. The summed E-state index contributed by atoms with van der Waals surface area (Å²) in [5, 5.41) is 8.46. The minimum atomic E-state index is -1.05. The molecule has 0 fully saturated rings. The van der Waals surface area contributed by atoms with Crippen molar-refractivity contribution in [3.8, 4) is 0 Å². The summed E-state index contributed by atoms with van der Waals surface area (Å²) in [6.45, 7) is 9.42. The van der Waals surface area contributed by atoms with Gasteiger partial charge in [0.05, 0.1) is 0 Å². The molecule has 0 amide bonds. The Kier molecular flexibility index (Phi) is 8.15. The number of hydrogen-bond donors (Lipinski definition) is 2. The Morgan fingerprint density at radius 2 is 1.67 bits per heavy atom. The van der Waals surface area contributed by atoms with Crippen LogP contribution in [-0.2, 0) is 9.59 Å². The highest BCUT2D eigenvalue weighted by Crippen LogP contribution is 2.17. The van der Waals surface area contributed by atoms with Gasteiger partial charge in [-0.05, 0) is 6.42 Å². The number of rotatable bonds is 4. The third-order valence-electron chi connectivity index (χ3n) is 1.84. The molecule has 0 aromatic heterocycles. The standard InChI is InChI=1S/C9H17NO3.C2H6/c1-9(2,3)7(11)5-4-6(10)8(12)13;1-2/h6H,4-5,10H2,1-3H3,(H,12,13);1-2H3. The van der Waals surface area contributed by atoms with Gasteiger partial charge in [-0.25, -0.2) is 0 Å². The summed E-state index contributed by atoms with van der Waals surface area (Å²) in [7, 11) is 0. The molecule has 1 atom stereocenters. The average molecular weight is 217 g/mol. The largest absolute Gasteiger partial charge is 0.480 e. The number of carbonyl (C=O) groups excluding carboxylic acids is 1. The van der Waals surface area contributed by atoms with Crippen molar-refractivity contribution in [2.75, 3.05) is 0 Å². The first-order valence-corrected chi connectivity index (χ1v) is 5.27. The molecule has 4 heteroatoms. The van der Waals surface area contributed by atoms with Gasteiger partial charge >= 0.3 is 5.97 Å². The van der Waals surface area contributed by atoms with Gasteiger partial charge in [0.1, 0.15) is 11.8 Å². The number of carboxylic acids is 1. The van der Waals surface area contributed by atoms with E-state index in [9.17, 15) is 9.59 Å². The summed E-state index contributed by atoms with van der Waals surface area (Å²) in [5.41, 5.74) is 4.85. The molecule has 0 aliphatic carbocycles. The molecule has 0 spiro atoms. The Hall–Kier alpha value is -0.900. The highest BCUT2D eigenvalue weighted by atomic mass is 16.4. The maximum Gasteiger partial charge on any atom is 0.320 e. The molecule has 3 N–H and O–H groups in total. The van der Waals surface area contributed by atoms with Crippen LogP contribution in [0.3, 0.4) is 0 Å². The molecule has 0 heterocycles. The van der Waals surface area contributed by atoms with Gasteiger partial charge in [0.15, 0.2) is 0 Å². The number of carbonyl (C=O) groups is 2. The molecule has 0 radical (unpaired) electrons. The zero-order valence-corrected chi connectivity index (χ0v) is 10.3. The van der Waals surface area contributed by atoms with Gasteiger partial charge in [-0.1, -0.05) is 34.6 Å². The Morgan fingerprint density at radius 1 is 1.27 bits per heavy atom. The minimum Gasteiger partial charge on any atom is -0.480 e. The summed E-state index contributed by atoms with van der Waals surface area (Å²) < 4.78 is 0. The van der Waals surface area contributed by atoms with E-state index >= 15 is 0 Å². The molecule has 0 bridgehead atoms. The van der Waals surface area contributed by atoms with Crippen LogP contribution in [0.15, 0.2) is 0 Å². The number of aliphatic carboxylic acids is 1. The second kappa shape index (κ2) is 7.40. The fourth-order valence-electron chi connectivity index (χ4n) is 0.785. The molecule has 90 valence electrons. The first kappa shape index (κ1) is 16.5. The fraction of sp³-hybridized carbons (Fsp3) is 0.818. The number of carboxylic acid groups (broad SMARTS) is 1. The number of nitrogens with two attached hydrogens (primary N) is 1. The second-order valence-electron chi connectivity index (χ2n) is 4.16. The molecule has 1 unspecified atom stereocenters. The topological polar surface area (TPSA) is 80.4 Å². The quantitative estimate of drug-likeness (QED) is 0.752. The van der Waals surface area contributed by atoms with Crippen LogP contribution in [0.5, 0.6) is 0 Å². The molecule has 0 aromatic carbocycles. The number of hydrogen-bond acceptors (Lipinski definition) is 3. The molecule has 0 rings (SSSR count). The van der Waals surface area contributed by atoms with E-state index in [4.69, 9.17) is 10.8 Å². The lowest BCUT2D eigenvalue weighted by atomic mass is 9.87. The first-order valence-electron chi connectivity index (χ1n) is 5.27. The van der Waals surface area contributed by atoms with Crippen molar-refractivity contribution in [3.05, 3.63) is 0 Å². The van der Waals surface area contributed by atoms with Crippen LogP contribution in [0, 0.1) is 5.41 Å². The third-order valence-corrected chi connectivity index (χ3v) is 1.84. The predicted molar refractivity (Wildman–Crippen MR) is 60.7 cm³/mol. The second-order valence-corrected chi connectivity index (χ2v) is 4.16. The van der Waals surface area contributed by atoms with Crippen LogP contribution in [-0.4, -0.2) is 22.9 Å². The average Bonchev–Trinajstić information content (AvgIpc) is 2.15. The number of Topliss-reactive ketones (excluding diaryl/α,β-unsaturated/α-hetero) is 1. The van der Waals surface area contributed by atoms with Crippen LogP contribution in [0.2, 0.25) is 0 Å². The van der Waals surface area contributed by atoms with Crippen molar-refractivity contribution in [3.63, 3.8) is 0 Å². The van der Waals surface area contributed by atoms with Crippen molar-refractivity contribution >= 4 is 11.8 Å². The van der Waals surface area contributed by atoms with Crippen LogP contribution in [0.4, 0.5) is 0 Å². The summed E-state index contributed by atoms with van der Waals surface area (Å²) >= 11 is 0. The summed E-state index contributed by atoms with van der Waals surface area (Å²) in [6, 6.07) is -0.925. The van der Waals surface area contributed by atoms with E-state index < -0.39 is 17.4 Å². The maximum atomic E-state index is 11.3. The zero-order chi connectivity index (χ0) is 12.6. The van der Waals surface area contributed by atoms with E-state index in [1.807, 2.05) is 34.6 Å². The molecular formula is C11H23NO3. The van der Waals surface area contributed by atoms with Crippen molar-refractivity contribution in [2.45, 2.75) is 53.5 Å². The lowest BCUT2D eigenvalue weighted by molar-refractivity contribution is -0.138. The van der Waals surface area contributed by atoms with E-state index in [0.717, 1.165) is 0 Å². The van der Waals surface area contributed by atoms with Crippen LogP contribution in [0.1, 0.15) is 47.5 Å². The van der Waals surface area contributed by atoms with E-state index in [-0.39, 0.29) is 18.6 Å². The molecule has 0 aliphatic rings. The molecule has 0 saturated carbocycles. The number of ketones is 1. The third kappa shape index (κ3) is 8.12. The fourth-order valence-corrected chi connectivity index (χ4v) is 0.785. The van der Waals surface area contributed by atoms with E-state index in [1.54, 1.807) is 0 Å². The van der Waals surface area contributed by atoms with Gasteiger partial charge in [-0.15, -0.1) is 0 Å². The molecule has 0 aromatic rings. The van der Waals surface area contributed by atoms with Crippen LogP contribution >= 0.6 is 0 Å². The molecule has 15 heavy (non-hydrogen) atoms. The Morgan fingerprint density at radius 3 is 1.93 bits per heavy atom. The van der Waals surface area contributed by atoms with Gasteiger partial charge in [0.2, 0.25) is 0 Å². The molecule has 0 saturated heterocycles. The van der Waals surface area contributed by atoms with Gasteiger partial charge in [-0.2, -0.15) is 0 Å². The predicted octanol–water partition coefficient (Wildman–Crippen LogP) is 1.82. The Balaban J connectivity index is 0. The molecular weight excluding hydrogens is 194 g/mol. The Labute approximate surface area is 91.9 Å². The normalized spacial score (nSPS) is 12.4. The van der Waals surface area contributed by atoms with Gasteiger partial charge in [0, 0.05) is 11.8 Å². The van der Waals surface area contributed by atoms with Crippen molar-refractivity contribution < 1.29 is 14.7 Å². The SMILES string of the molecule is CC.CC(C)(C)C(=O)CCC(N)C(=O)O. The lowest BCUT2D eigenvalue weighted by Crippen LogP contribution is -2.32. The van der Waals surface area contributed by atoms with Crippen molar-refractivity contribution in [2.24, 2.45) is 11.1 Å². The van der Waals surface area contributed by atoms with Gasteiger partial charge in [0.25, 0.3) is 0 Å². The van der Waals surface area contributed by atoms with E-state index in [1.165, 1.54) is 0 Å². The first-order chi connectivity index (χ1) is 6.75. The van der Waals surface area contributed by atoms with Crippen molar-refractivity contribution in [1.29, 1.82) is 0 Å². The summed E-state index contributed by atoms with van der Waals surface area (Å²) in [5.74, 6) is -1.01. The van der Waals surface area contributed by atoms with E-state index in [0.29, 0.717) is 0 Å². The smallest absolute Gasteiger partial charge is 0.320 e. The monoisotopic (exact) mass is 217 g/mol. The van der Waals surface area contributed by atoms with Crippen molar-refractivity contribution in [1.82, 2.24) is 0 Å². The van der Waals surface area contributed by atoms with Gasteiger partial charge in [-0.3, -0.25) is 9.59 Å².